The molecule has 1 aromatic carbocycles. The van der Waals surface area contributed by atoms with Crippen molar-refractivity contribution in [3.8, 4) is 0 Å². The van der Waals surface area contributed by atoms with Crippen molar-refractivity contribution in [1.29, 1.82) is 0 Å². The molecule has 0 radical (unpaired) electrons. The van der Waals surface area contributed by atoms with Crippen LogP contribution in [0, 0.1) is 6.92 Å². The summed E-state index contributed by atoms with van der Waals surface area (Å²) in [5.74, 6) is -0.263. The lowest BCUT2D eigenvalue weighted by molar-refractivity contribution is -0.137. The van der Waals surface area contributed by atoms with E-state index in [0.29, 0.717) is 17.8 Å². The molecule has 6 heteroatoms. The van der Waals surface area contributed by atoms with Gasteiger partial charge in [-0.3, -0.25) is 4.79 Å². The molecule has 27 heavy (non-hydrogen) atoms. The highest BCUT2D eigenvalue weighted by Gasteiger charge is 2.30. The standard InChI is InChI=1S/C21H23F3N2O/c1-3-11-26-18-10-5-4-9-17(18)14(2)19(26)20(27)25-13-15-7-6-8-16(12-15)21(22,23)24/h3,6-8,12H,1,4-5,9-11,13H2,2H3,(H,25,27). The normalized spacial score (nSPS) is 13.9. The first-order chi connectivity index (χ1) is 12.8. The molecule has 3 nitrogen and oxygen atoms in total. The van der Waals surface area contributed by atoms with Gasteiger partial charge < -0.3 is 9.88 Å². The third-order valence-electron chi connectivity index (χ3n) is 5.08. The Hall–Kier alpha value is -2.50. The molecular formula is C21H23F3N2O. The molecule has 1 amide bonds. The highest BCUT2D eigenvalue weighted by atomic mass is 19.4. The number of hydrogen-bond acceptors (Lipinski definition) is 1. The van der Waals surface area contributed by atoms with Crippen LogP contribution in [0.3, 0.4) is 0 Å². The third-order valence-corrected chi connectivity index (χ3v) is 5.08. The topological polar surface area (TPSA) is 34.0 Å². The Morgan fingerprint density at radius 3 is 2.74 bits per heavy atom. The number of nitrogens with zero attached hydrogens (tertiary/aromatic N) is 1. The van der Waals surface area contributed by atoms with Gasteiger partial charge in [0.15, 0.2) is 0 Å². The number of fused-ring (bicyclic) bond motifs is 1. The Morgan fingerprint density at radius 1 is 1.30 bits per heavy atom. The van der Waals surface area contributed by atoms with E-state index in [-0.39, 0.29) is 12.5 Å². The average Bonchev–Trinajstić information content (AvgIpc) is 2.92. The number of nitrogens with one attached hydrogen (secondary N) is 1. The first kappa shape index (κ1) is 19.3. The number of rotatable bonds is 5. The van der Waals surface area contributed by atoms with Crippen LogP contribution in [0.1, 0.15) is 51.3 Å². The summed E-state index contributed by atoms with van der Waals surface area (Å²) < 4.78 is 40.6. The lowest BCUT2D eigenvalue weighted by atomic mass is 9.95. The lowest BCUT2D eigenvalue weighted by Gasteiger charge is -2.16. The zero-order chi connectivity index (χ0) is 19.6. The first-order valence-corrected chi connectivity index (χ1v) is 9.09. The maximum absolute atomic E-state index is 12.9. The number of allylic oxidation sites excluding steroid dienone is 1. The van der Waals surface area contributed by atoms with Gasteiger partial charge in [0, 0.05) is 18.8 Å². The van der Waals surface area contributed by atoms with Gasteiger partial charge in [-0.2, -0.15) is 13.2 Å². The number of alkyl halides is 3. The van der Waals surface area contributed by atoms with Gasteiger partial charge in [-0.05, 0) is 61.4 Å². The van der Waals surface area contributed by atoms with Crippen LogP contribution in [0.2, 0.25) is 0 Å². The van der Waals surface area contributed by atoms with Crippen LogP contribution in [-0.4, -0.2) is 10.5 Å². The molecule has 0 atom stereocenters. The second-order valence-corrected chi connectivity index (χ2v) is 6.89. The molecule has 1 aromatic heterocycles. The van der Waals surface area contributed by atoms with Crippen LogP contribution in [-0.2, 0) is 32.1 Å². The summed E-state index contributed by atoms with van der Waals surface area (Å²) in [5, 5.41) is 2.78. The largest absolute Gasteiger partial charge is 0.416 e. The van der Waals surface area contributed by atoms with Crippen LogP contribution >= 0.6 is 0 Å². The number of carbonyl (C=O) groups excluding carboxylic acids is 1. The molecular weight excluding hydrogens is 353 g/mol. The Labute approximate surface area is 156 Å². The van der Waals surface area contributed by atoms with Gasteiger partial charge in [-0.1, -0.05) is 18.2 Å². The van der Waals surface area contributed by atoms with E-state index in [2.05, 4.69) is 11.9 Å². The molecule has 2 aromatic rings. The van der Waals surface area contributed by atoms with Gasteiger partial charge in [0.2, 0.25) is 0 Å². The fourth-order valence-corrected chi connectivity index (χ4v) is 3.82. The van der Waals surface area contributed by atoms with E-state index in [1.54, 1.807) is 12.1 Å². The van der Waals surface area contributed by atoms with Crippen molar-refractivity contribution in [3.63, 3.8) is 0 Å². The van der Waals surface area contributed by atoms with E-state index >= 15 is 0 Å². The fraction of sp³-hybridized carbons (Fsp3) is 0.381. The second kappa shape index (κ2) is 7.62. The van der Waals surface area contributed by atoms with E-state index in [9.17, 15) is 18.0 Å². The van der Waals surface area contributed by atoms with Gasteiger partial charge >= 0.3 is 6.18 Å². The van der Waals surface area contributed by atoms with Crippen LogP contribution in [0.4, 0.5) is 13.2 Å². The van der Waals surface area contributed by atoms with Crippen molar-refractivity contribution in [2.45, 2.75) is 51.9 Å². The smallest absolute Gasteiger partial charge is 0.347 e. The molecule has 144 valence electrons. The van der Waals surface area contributed by atoms with Gasteiger partial charge in [-0.25, -0.2) is 0 Å². The number of benzene rings is 1. The number of halogens is 3. The lowest BCUT2D eigenvalue weighted by Crippen LogP contribution is -2.26. The van der Waals surface area contributed by atoms with Gasteiger partial charge in [0.25, 0.3) is 5.91 Å². The molecule has 1 aliphatic carbocycles. The van der Waals surface area contributed by atoms with Crippen LogP contribution in [0.15, 0.2) is 36.9 Å². The number of hydrogen-bond donors (Lipinski definition) is 1. The SMILES string of the molecule is C=CCn1c2c(c(C)c1C(=O)NCc1cccc(C(F)(F)F)c1)CCCC2. The van der Waals surface area contributed by atoms with Crippen molar-refractivity contribution < 1.29 is 18.0 Å². The van der Waals surface area contributed by atoms with Crippen LogP contribution in [0.25, 0.3) is 0 Å². The molecule has 1 N–H and O–H groups in total. The van der Waals surface area contributed by atoms with Gasteiger partial charge in [0.05, 0.1) is 5.56 Å². The van der Waals surface area contributed by atoms with E-state index < -0.39 is 11.7 Å². The predicted octanol–water partition coefficient (Wildman–Crippen LogP) is 4.81. The van der Waals surface area contributed by atoms with Crippen molar-refractivity contribution in [3.05, 3.63) is 70.6 Å². The molecule has 0 saturated carbocycles. The maximum Gasteiger partial charge on any atom is 0.416 e. The molecule has 1 heterocycles. The summed E-state index contributed by atoms with van der Waals surface area (Å²) in [4.78, 5) is 12.8. The molecule has 0 spiro atoms. The van der Waals surface area contributed by atoms with Crippen LogP contribution in [0.5, 0.6) is 0 Å². The quantitative estimate of drug-likeness (QED) is 0.747. The average molecular weight is 376 g/mol. The van der Waals surface area contributed by atoms with E-state index in [4.69, 9.17) is 0 Å². The van der Waals surface area contributed by atoms with Crippen LogP contribution < -0.4 is 5.32 Å². The Balaban J connectivity index is 1.83. The Morgan fingerprint density at radius 2 is 2.04 bits per heavy atom. The Kier molecular flexibility index (Phi) is 5.44. The van der Waals surface area contributed by atoms with Gasteiger partial charge in [0.1, 0.15) is 5.69 Å². The molecule has 0 aliphatic heterocycles. The Bertz CT molecular complexity index is 865. The minimum absolute atomic E-state index is 0.0477. The van der Waals surface area contributed by atoms with E-state index in [1.165, 1.54) is 17.3 Å². The fourth-order valence-electron chi connectivity index (χ4n) is 3.82. The van der Waals surface area contributed by atoms with Crippen molar-refractivity contribution >= 4 is 5.91 Å². The van der Waals surface area contributed by atoms with E-state index in [0.717, 1.165) is 43.4 Å². The molecule has 0 saturated heterocycles. The minimum atomic E-state index is -4.39. The highest BCUT2D eigenvalue weighted by Crippen LogP contribution is 2.31. The van der Waals surface area contributed by atoms with Gasteiger partial charge in [-0.15, -0.1) is 6.58 Å². The summed E-state index contributed by atoms with van der Waals surface area (Å²) in [6, 6.07) is 5.03. The summed E-state index contributed by atoms with van der Waals surface area (Å²) >= 11 is 0. The molecule has 3 rings (SSSR count). The number of aromatic nitrogens is 1. The van der Waals surface area contributed by atoms with Crippen molar-refractivity contribution in [2.24, 2.45) is 0 Å². The molecule has 0 unspecified atom stereocenters. The summed E-state index contributed by atoms with van der Waals surface area (Å²) in [7, 11) is 0. The summed E-state index contributed by atoms with van der Waals surface area (Å²) in [5.41, 5.74) is 3.68. The summed E-state index contributed by atoms with van der Waals surface area (Å²) in [6.45, 7) is 6.32. The predicted molar refractivity (Wildman–Crippen MR) is 98.6 cm³/mol. The second-order valence-electron chi connectivity index (χ2n) is 6.89. The number of carbonyl (C=O) groups is 1. The zero-order valence-electron chi connectivity index (χ0n) is 15.3. The van der Waals surface area contributed by atoms with E-state index in [1.807, 2.05) is 11.5 Å². The minimum Gasteiger partial charge on any atom is -0.347 e. The van der Waals surface area contributed by atoms with Crippen molar-refractivity contribution in [1.82, 2.24) is 9.88 Å². The van der Waals surface area contributed by atoms with Crippen molar-refractivity contribution in [2.75, 3.05) is 0 Å². The molecule has 1 aliphatic rings. The monoisotopic (exact) mass is 376 g/mol. The summed E-state index contributed by atoms with van der Waals surface area (Å²) in [6.07, 6.45) is 1.46. The molecule has 0 bridgehead atoms. The molecule has 0 fully saturated rings. The third kappa shape index (κ3) is 3.94. The maximum atomic E-state index is 12.9. The zero-order valence-corrected chi connectivity index (χ0v) is 15.3. The highest BCUT2D eigenvalue weighted by molar-refractivity contribution is 5.95. The first-order valence-electron chi connectivity index (χ1n) is 9.09. The number of amides is 1.